The van der Waals surface area contributed by atoms with Gasteiger partial charge in [-0.2, -0.15) is 0 Å². The highest BCUT2D eigenvalue weighted by Crippen LogP contribution is 2.05. The monoisotopic (exact) mass is 236 g/mol. The fourth-order valence-corrected chi connectivity index (χ4v) is 3.37. The van der Waals surface area contributed by atoms with E-state index in [2.05, 4.69) is 4.98 Å². The van der Waals surface area contributed by atoms with Crippen LogP contribution in [0.4, 0.5) is 0 Å². The molecule has 3 N–H and O–H groups in total. The Morgan fingerprint density at radius 3 is 1.80 bits per heavy atom. The molecule has 0 saturated carbocycles. The molecule has 0 aromatic rings. The summed E-state index contributed by atoms with van der Waals surface area (Å²) < 4.78 is 16.8. The summed E-state index contributed by atoms with van der Waals surface area (Å²) in [4.78, 5) is 3.23. The minimum atomic E-state index is -2.64. The van der Waals surface area contributed by atoms with Crippen molar-refractivity contribution in [2.45, 2.75) is 27.2 Å². The van der Waals surface area contributed by atoms with Crippen LogP contribution in [0, 0.1) is 0 Å². The molecule has 0 aliphatic heterocycles. The summed E-state index contributed by atoms with van der Waals surface area (Å²) in [5.74, 6) is 0. The predicted molar refractivity (Wildman–Crippen MR) is 62.3 cm³/mol. The molecular weight excluding hydrogens is 212 g/mol. The third kappa shape index (κ3) is 6.24. The van der Waals surface area contributed by atoms with E-state index < -0.39 is 8.97 Å². The maximum absolute atomic E-state index is 5.60. The van der Waals surface area contributed by atoms with Crippen molar-refractivity contribution < 1.29 is 13.3 Å². The second kappa shape index (κ2) is 9.26. The average Bonchev–Trinajstić information content (AvgIpc) is 2.19. The molecule has 0 bridgehead atoms. The first kappa shape index (κ1) is 15.0. The summed E-state index contributed by atoms with van der Waals surface area (Å²) in [5.41, 5.74) is 5.43. The molecule has 5 nitrogen and oxygen atoms in total. The van der Waals surface area contributed by atoms with Crippen molar-refractivity contribution in [2.75, 3.05) is 32.9 Å². The molecule has 0 heterocycles. The zero-order chi connectivity index (χ0) is 11.6. The smallest absolute Gasteiger partial charge is 0.361 e. The van der Waals surface area contributed by atoms with Crippen molar-refractivity contribution in [1.82, 2.24) is 4.98 Å². The molecule has 0 atom stereocenters. The molecule has 0 radical (unpaired) electrons. The Morgan fingerprint density at radius 1 is 1.00 bits per heavy atom. The normalized spacial score (nSPS) is 12.0. The largest absolute Gasteiger partial charge is 0.596 e. The van der Waals surface area contributed by atoms with Crippen molar-refractivity contribution in [3.63, 3.8) is 0 Å². The standard InChI is InChI=1S/C9H24N2O3Si/c1-4-12-15(13-5-2,14-6-3)11-9-7-8-10/h11H,4-10H2,1-3H3. The molecule has 0 aliphatic rings. The Kier molecular flexibility index (Phi) is 9.27. The lowest BCUT2D eigenvalue weighted by atomic mass is 10.4. The van der Waals surface area contributed by atoms with Crippen LogP contribution in [0.2, 0.25) is 0 Å². The Bertz CT molecular complexity index is 132. The summed E-state index contributed by atoms with van der Waals surface area (Å²) in [6.45, 7) is 8.98. The summed E-state index contributed by atoms with van der Waals surface area (Å²) >= 11 is 0. The minimum absolute atomic E-state index is 0.585. The number of hydrogen-bond donors (Lipinski definition) is 2. The summed E-state index contributed by atoms with van der Waals surface area (Å²) in [5, 5.41) is 0. The van der Waals surface area contributed by atoms with Crippen LogP contribution in [0.25, 0.3) is 0 Å². The number of rotatable bonds is 10. The number of nitrogens with two attached hydrogens (primary N) is 1. The summed E-state index contributed by atoms with van der Waals surface area (Å²) in [6, 6.07) is 0. The van der Waals surface area contributed by atoms with Crippen molar-refractivity contribution in [1.29, 1.82) is 0 Å². The van der Waals surface area contributed by atoms with Gasteiger partial charge < -0.3 is 19.0 Å². The van der Waals surface area contributed by atoms with Crippen molar-refractivity contribution >= 4 is 8.97 Å². The fraction of sp³-hybridized carbons (Fsp3) is 1.00. The zero-order valence-corrected chi connectivity index (χ0v) is 11.0. The van der Waals surface area contributed by atoms with Gasteiger partial charge in [0, 0.05) is 19.8 Å². The number of nitrogens with one attached hydrogen (secondary N) is 1. The highest BCUT2D eigenvalue weighted by atomic mass is 28.4. The molecule has 6 heteroatoms. The van der Waals surface area contributed by atoms with Gasteiger partial charge in [0.2, 0.25) is 0 Å². The summed E-state index contributed by atoms with van der Waals surface area (Å²) in [6.07, 6.45) is 0.891. The first-order valence-corrected chi connectivity index (χ1v) is 7.34. The van der Waals surface area contributed by atoms with Crippen LogP contribution in [-0.2, 0) is 13.3 Å². The second-order valence-electron chi connectivity index (χ2n) is 2.92. The van der Waals surface area contributed by atoms with Crippen LogP contribution in [0.1, 0.15) is 27.2 Å². The van der Waals surface area contributed by atoms with Gasteiger partial charge in [-0.25, -0.2) is 0 Å². The Balaban J connectivity index is 4.18. The van der Waals surface area contributed by atoms with Gasteiger partial charge >= 0.3 is 8.97 Å². The molecule has 0 fully saturated rings. The first-order chi connectivity index (χ1) is 7.24. The highest BCUT2D eigenvalue weighted by Gasteiger charge is 2.40. The SMILES string of the molecule is CCO[Si](NCCCN)(OCC)OCC. The maximum Gasteiger partial charge on any atom is 0.596 e. The molecule has 0 amide bonds. The Hall–Kier alpha value is 0.0169. The molecule has 0 rings (SSSR count). The van der Waals surface area contributed by atoms with Crippen LogP contribution < -0.4 is 10.7 Å². The summed E-state index contributed by atoms with van der Waals surface area (Å²) in [7, 11) is -2.64. The molecule has 0 saturated heterocycles. The van der Waals surface area contributed by atoms with Crippen LogP contribution in [0.5, 0.6) is 0 Å². The predicted octanol–water partition coefficient (Wildman–Crippen LogP) is 0.470. The molecule has 0 unspecified atom stereocenters. The van der Waals surface area contributed by atoms with E-state index in [4.69, 9.17) is 19.0 Å². The van der Waals surface area contributed by atoms with Crippen LogP contribution in [-0.4, -0.2) is 41.9 Å². The van der Waals surface area contributed by atoms with Crippen molar-refractivity contribution in [3.05, 3.63) is 0 Å². The van der Waals surface area contributed by atoms with E-state index in [1.54, 1.807) is 0 Å². The molecule has 0 aromatic heterocycles. The zero-order valence-electron chi connectivity index (χ0n) is 10.0. The van der Waals surface area contributed by atoms with Gasteiger partial charge in [0.05, 0.1) is 0 Å². The van der Waals surface area contributed by atoms with E-state index in [0.29, 0.717) is 26.4 Å². The maximum atomic E-state index is 5.60. The van der Waals surface area contributed by atoms with Gasteiger partial charge in [-0.3, -0.25) is 4.98 Å². The molecule has 15 heavy (non-hydrogen) atoms. The molecular formula is C9H24N2O3Si. The lowest BCUT2D eigenvalue weighted by Crippen LogP contribution is -2.59. The van der Waals surface area contributed by atoms with E-state index in [0.717, 1.165) is 13.0 Å². The Labute approximate surface area is 93.7 Å². The molecule has 0 spiro atoms. The minimum Gasteiger partial charge on any atom is -0.361 e. The molecule has 92 valence electrons. The van der Waals surface area contributed by atoms with Gasteiger partial charge in [-0.15, -0.1) is 0 Å². The van der Waals surface area contributed by atoms with E-state index in [1.165, 1.54) is 0 Å². The van der Waals surface area contributed by atoms with Crippen LogP contribution >= 0.6 is 0 Å². The second-order valence-corrected chi connectivity index (χ2v) is 5.26. The van der Waals surface area contributed by atoms with Crippen LogP contribution in [0.3, 0.4) is 0 Å². The topological polar surface area (TPSA) is 65.7 Å². The third-order valence-electron chi connectivity index (χ3n) is 1.73. The van der Waals surface area contributed by atoms with Crippen LogP contribution in [0.15, 0.2) is 0 Å². The van der Waals surface area contributed by atoms with Gasteiger partial charge in [-0.1, -0.05) is 0 Å². The lowest BCUT2D eigenvalue weighted by Gasteiger charge is -2.28. The quantitative estimate of drug-likeness (QED) is 0.426. The molecule has 0 aliphatic carbocycles. The lowest BCUT2D eigenvalue weighted by molar-refractivity contribution is 0.0600. The van der Waals surface area contributed by atoms with E-state index in [-0.39, 0.29) is 0 Å². The van der Waals surface area contributed by atoms with Gasteiger partial charge in [-0.05, 0) is 40.3 Å². The Morgan fingerprint density at radius 2 is 1.47 bits per heavy atom. The first-order valence-electron chi connectivity index (χ1n) is 5.61. The average molecular weight is 236 g/mol. The van der Waals surface area contributed by atoms with E-state index in [1.807, 2.05) is 20.8 Å². The van der Waals surface area contributed by atoms with E-state index in [9.17, 15) is 0 Å². The van der Waals surface area contributed by atoms with Gasteiger partial charge in [0.1, 0.15) is 0 Å². The third-order valence-corrected chi connectivity index (χ3v) is 4.41. The van der Waals surface area contributed by atoms with Crippen molar-refractivity contribution in [3.8, 4) is 0 Å². The fourth-order valence-electron chi connectivity index (χ4n) is 1.19. The van der Waals surface area contributed by atoms with Crippen molar-refractivity contribution in [2.24, 2.45) is 5.73 Å². The molecule has 0 aromatic carbocycles. The van der Waals surface area contributed by atoms with E-state index >= 15 is 0 Å². The number of hydrogen-bond acceptors (Lipinski definition) is 5. The van der Waals surface area contributed by atoms with Gasteiger partial charge in [0.15, 0.2) is 0 Å². The van der Waals surface area contributed by atoms with Gasteiger partial charge in [0.25, 0.3) is 0 Å². The highest BCUT2D eigenvalue weighted by molar-refractivity contribution is 6.57.